The van der Waals surface area contributed by atoms with Gasteiger partial charge in [-0.05, 0) is 53.4 Å². The third kappa shape index (κ3) is 31.7. The molecule has 0 heterocycles. The third-order valence-corrected chi connectivity index (χ3v) is 10.5. The molecule has 0 aromatic heterocycles. The summed E-state index contributed by atoms with van der Waals surface area (Å²) in [7, 11) is 0. The van der Waals surface area contributed by atoms with Gasteiger partial charge in [-0.1, -0.05) is 26.6 Å². The highest BCUT2D eigenvalue weighted by molar-refractivity contribution is 8.00. The van der Waals surface area contributed by atoms with Crippen molar-refractivity contribution < 1.29 is 60.9 Å². The number of hydrogen-bond donors (Lipinski definition) is 6. The van der Waals surface area contributed by atoms with Crippen LogP contribution in [0.2, 0.25) is 0 Å². The highest BCUT2D eigenvalue weighted by Gasteiger charge is 2.26. The molecule has 0 aromatic rings. The van der Waals surface area contributed by atoms with Crippen molar-refractivity contribution in [1.29, 1.82) is 0 Å². The lowest BCUT2D eigenvalue weighted by Gasteiger charge is -2.19. The van der Waals surface area contributed by atoms with Gasteiger partial charge in [0, 0.05) is 59.4 Å². The summed E-state index contributed by atoms with van der Waals surface area (Å²) >= 11 is 2.04. The maximum Gasteiger partial charge on any atom is 0.317 e. The molecule has 18 heteroatoms. The number of carboxylic acid groups (broad SMARTS) is 2. The fourth-order valence-corrected chi connectivity index (χ4v) is 6.93. The van der Waals surface area contributed by atoms with Gasteiger partial charge in [0.25, 0.3) is 0 Å². The number of rotatable bonds is 34. The number of amides is 2. The van der Waals surface area contributed by atoms with Gasteiger partial charge in [0.1, 0.15) is 39.9 Å². The smallest absolute Gasteiger partial charge is 0.317 e. The van der Waals surface area contributed by atoms with E-state index in [-0.39, 0.29) is 105 Å². The fourth-order valence-electron chi connectivity index (χ4n) is 4.46. The summed E-state index contributed by atoms with van der Waals surface area (Å²) in [4.78, 5) is 115. The first-order valence-electron chi connectivity index (χ1n) is 20.1. The molecule has 16 nitrogen and oxygen atoms in total. The summed E-state index contributed by atoms with van der Waals surface area (Å²) in [5.74, 6) is -3.30. The number of carbonyl (C=O) groups is 10. The molecule has 0 bridgehead atoms. The molecular formula is C38H64N4O12S2. The maximum absolute atomic E-state index is 12.3. The minimum Gasteiger partial charge on any atom is -0.481 e. The number of hydrogen-bond acceptors (Lipinski definition) is 14. The van der Waals surface area contributed by atoms with Crippen LogP contribution in [-0.2, 0) is 47.9 Å². The minimum absolute atomic E-state index is 0.0182. The zero-order chi connectivity index (χ0) is 44.5. The molecule has 0 aliphatic heterocycles. The number of carbonyl (C=O) groups excluding carboxylic acids is 8. The summed E-state index contributed by atoms with van der Waals surface area (Å²) in [6.07, 6.45) is 5.16. The summed E-state index contributed by atoms with van der Waals surface area (Å²) in [6.45, 7) is 6.46. The average molecular weight is 837 g/mol. The molecule has 0 aliphatic carbocycles. The number of ketones is 6. The van der Waals surface area contributed by atoms with Crippen molar-refractivity contribution in [2.24, 2.45) is 0 Å². The molecule has 0 spiro atoms. The summed E-state index contributed by atoms with van der Waals surface area (Å²) in [5, 5.41) is 27.6. The Labute approximate surface area is 342 Å². The van der Waals surface area contributed by atoms with Gasteiger partial charge in [-0.25, -0.2) is 0 Å². The van der Waals surface area contributed by atoms with E-state index in [2.05, 4.69) is 21.3 Å². The molecule has 320 valence electrons. The Morgan fingerprint density at radius 2 is 1.04 bits per heavy atom. The van der Waals surface area contributed by atoms with Crippen LogP contribution in [0.1, 0.15) is 121 Å². The second-order valence-electron chi connectivity index (χ2n) is 13.1. The summed E-state index contributed by atoms with van der Waals surface area (Å²) in [6, 6.07) is -1.37. The van der Waals surface area contributed by atoms with Crippen molar-refractivity contribution in [1.82, 2.24) is 21.3 Å². The van der Waals surface area contributed by atoms with Crippen molar-refractivity contribution in [3.8, 4) is 0 Å². The lowest BCUT2D eigenvalue weighted by molar-refractivity contribution is -0.138. The van der Waals surface area contributed by atoms with Crippen molar-refractivity contribution in [3.05, 3.63) is 0 Å². The summed E-state index contributed by atoms with van der Waals surface area (Å²) in [5.41, 5.74) is 0. The van der Waals surface area contributed by atoms with Crippen LogP contribution in [0.3, 0.4) is 0 Å². The van der Waals surface area contributed by atoms with Gasteiger partial charge in [-0.2, -0.15) is 0 Å². The topological polar surface area (TPSA) is 259 Å². The van der Waals surface area contributed by atoms with Crippen molar-refractivity contribution >= 4 is 82.0 Å². The number of aliphatic carboxylic acids is 2. The normalized spacial score (nSPS) is 13.3. The van der Waals surface area contributed by atoms with Crippen LogP contribution in [0, 0.1) is 0 Å². The Morgan fingerprint density at radius 1 is 0.589 bits per heavy atom. The van der Waals surface area contributed by atoms with Crippen LogP contribution in [0.5, 0.6) is 0 Å². The zero-order valence-electron chi connectivity index (χ0n) is 35.2. The van der Waals surface area contributed by atoms with E-state index >= 15 is 0 Å². The van der Waals surface area contributed by atoms with E-state index in [1.807, 2.05) is 0 Å². The second kappa shape index (κ2) is 33.6. The lowest BCUT2D eigenvalue weighted by Crippen LogP contribution is -2.42. The zero-order valence-corrected chi connectivity index (χ0v) is 34.9. The predicted molar refractivity (Wildman–Crippen MR) is 217 cm³/mol. The van der Waals surface area contributed by atoms with E-state index in [0.29, 0.717) is 38.8 Å². The SMILES string of the molecule is [3H]CCC(=O)CNC(CSC(CC(=O)NCCCCCC(C)=O)C(=O)O)C(C)=O.[3H]CCC(=O)CNC(CSC(CC(=O)O)C(=O)NCCCCCC(C)=O)C(C)=O. The quantitative estimate of drug-likeness (QED) is 0.0509. The Bertz CT molecular complexity index is 1340. The molecule has 4 unspecified atom stereocenters. The van der Waals surface area contributed by atoms with Gasteiger partial charge >= 0.3 is 11.9 Å². The molecule has 0 aliphatic rings. The van der Waals surface area contributed by atoms with Gasteiger partial charge in [-0.15, -0.1) is 23.5 Å². The number of Topliss-reactive ketones (excluding diaryl/α,β-unsaturated/α-hetero) is 6. The minimum atomic E-state index is -1.14. The second-order valence-corrected chi connectivity index (χ2v) is 15.6. The maximum atomic E-state index is 12.3. The molecule has 0 saturated heterocycles. The fraction of sp³-hybridized carbons (Fsp3) is 0.737. The molecule has 0 fully saturated rings. The van der Waals surface area contributed by atoms with Gasteiger partial charge in [0.15, 0.2) is 0 Å². The monoisotopic (exact) mass is 836 g/mol. The molecule has 0 aromatic carbocycles. The van der Waals surface area contributed by atoms with Crippen LogP contribution in [0.15, 0.2) is 0 Å². The molecule has 0 rings (SSSR count). The highest BCUT2D eigenvalue weighted by atomic mass is 32.2. The molecule has 4 atom stereocenters. The number of thioether (sulfide) groups is 2. The highest BCUT2D eigenvalue weighted by Crippen LogP contribution is 2.18. The van der Waals surface area contributed by atoms with Crippen LogP contribution in [0.25, 0.3) is 0 Å². The Balaban J connectivity index is 0. The van der Waals surface area contributed by atoms with Crippen LogP contribution < -0.4 is 21.3 Å². The van der Waals surface area contributed by atoms with Gasteiger partial charge in [-0.3, -0.25) is 49.0 Å². The first-order valence-corrected chi connectivity index (χ1v) is 20.7. The van der Waals surface area contributed by atoms with Crippen LogP contribution in [0.4, 0.5) is 0 Å². The van der Waals surface area contributed by atoms with Crippen molar-refractivity contribution in [3.63, 3.8) is 0 Å². The lowest BCUT2D eigenvalue weighted by atomic mass is 10.1. The molecule has 6 N–H and O–H groups in total. The molecule has 0 radical (unpaired) electrons. The number of nitrogens with one attached hydrogen (secondary N) is 4. The van der Waals surface area contributed by atoms with E-state index in [4.69, 9.17) is 7.85 Å². The molecule has 0 saturated carbocycles. The van der Waals surface area contributed by atoms with E-state index in [9.17, 15) is 53.1 Å². The number of carboxylic acids is 2. The first-order chi connectivity index (χ1) is 27.3. The number of unbranched alkanes of at least 4 members (excludes halogenated alkanes) is 4. The van der Waals surface area contributed by atoms with E-state index in [0.717, 1.165) is 49.2 Å². The van der Waals surface area contributed by atoms with Crippen molar-refractivity contribution in [2.75, 3.05) is 37.7 Å². The average Bonchev–Trinajstić information content (AvgIpc) is 3.12. The van der Waals surface area contributed by atoms with E-state index in [1.165, 1.54) is 27.7 Å². The van der Waals surface area contributed by atoms with Gasteiger partial charge < -0.3 is 30.4 Å². The van der Waals surface area contributed by atoms with Gasteiger partial charge in [0.05, 0.1) is 36.8 Å². The molecule has 2 amide bonds. The van der Waals surface area contributed by atoms with E-state index in [1.54, 1.807) is 0 Å². The van der Waals surface area contributed by atoms with Crippen LogP contribution >= 0.6 is 23.5 Å². The Kier molecular flexibility index (Phi) is 30.4. The first kappa shape index (κ1) is 50.5. The molecular weight excluding hydrogens is 769 g/mol. The summed E-state index contributed by atoms with van der Waals surface area (Å²) < 4.78 is 14.0. The van der Waals surface area contributed by atoms with Crippen molar-refractivity contribution in [2.45, 2.75) is 141 Å². The predicted octanol–water partition coefficient (Wildman–Crippen LogP) is 2.71. The standard InChI is InChI=1S/2C19H32N2O6S/c1-4-15(24)11-21-16(14(3)23)12-28-17(10-18(25)26)19(27)20-9-7-5-6-8-13(2)22;1-4-15(24)11-21-16(14(3)23)12-28-17(19(26)27)10-18(25)20-9-7-5-6-8-13(2)22/h16-17,21H,4-12H2,1-3H3,(H,20,27)(H,25,26);16-17,21H,4-12H2,1-3H3,(H,20,25)(H,26,27)/i2*1T. The van der Waals surface area contributed by atoms with E-state index < -0.39 is 40.4 Å². The van der Waals surface area contributed by atoms with Crippen LogP contribution in [-0.4, -0.2) is 129 Å². The third-order valence-electron chi connectivity index (χ3n) is 7.89. The Hall–Kier alpha value is -3.48. The Morgan fingerprint density at radius 3 is 1.43 bits per heavy atom. The van der Waals surface area contributed by atoms with Gasteiger partial charge in [0.2, 0.25) is 11.8 Å². The molecule has 56 heavy (non-hydrogen) atoms. The largest absolute Gasteiger partial charge is 0.481 e.